The Morgan fingerprint density at radius 3 is 2.31 bits per heavy atom. The van der Waals surface area contributed by atoms with Crippen molar-refractivity contribution in [3.05, 3.63) is 29.5 Å². The Balaban J connectivity index is 0.00000106. The standard InChI is InChI=1S/C11H14N2O.C2H6/c1-6-5-13-11(12)10(7(6)2)8(3)9(4)14;1-2/h5H,3H2,1-2,4H3,(H2,12,13);1-2H3. The summed E-state index contributed by atoms with van der Waals surface area (Å²) in [6.45, 7) is 13.0. The lowest BCUT2D eigenvalue weighted by molar-refractivity contribution is -0.111. The Labute approximate surface area is 97.4 Å². The Morgan fingerprint density at radius 2 is 1.88 bits per heavy atom. The number of carbonyl (C=O) groups excluding carboxylic acids is 1. The third-order valence-corrected chi connectivity index (χ3v) is 2.35. The minimum Gasteiger partial charge on any atom is -0.383 e. The van der Waals surface area contributed by atoms with Gasteiger partial charge in [0.1, 0.15) is 5.82 Å². The molecule has 3 nitrogen and oxygen atoms in total. The summed E-state index contributed by atoms with van der Waals surface area (Å²) in [6, 6.07) is 0. The fourth-order valence-corrected chi connectivity index (χ4v) is 1.27. The van der Waals surface area contributed by atoms with Crippen LogP contribution in [0, 0.1) is 13.8 Å². The molecule has 0 unspecified atom stereocenters. The van der Waals surface area contributed by atoms with Crippen LogP contribution in [0.1, 0.15) is 37.5 Å². The fraction of sp³-hybridized carbons (Fsp3) is 0.385. The number of nitrogens with two attached hydrogens (primary N) is 1. The Hall–Kier alpha value is -1.64. The minimum absolute atomic E-state index is 0.0767. The van der Waals surface area contributed by atoms with Crippen LogP contribution >= 0.6 is 0 Å². The molecule has 0 aliphatic rings. The van der Waals surface area contributed by atoms with Gasteiger partial charge in [0.2, 0.25) is 0 Å². The van der Waals surface area contributed by atoms with Gasteiger partial charge in [-0.1, -0.05) is 20.4 Å². The molecule has 16 heavy (non-hydrogen) atoms. The Bertz CT molecular complexity index is 409. The minimum atomic E-state index is -0.0767. The van der Waals surface area contributed by atoms with Gasteiger partial charge < -0.3 is 5.73 Å². The second-order valence-electron chi connectivity index (χ2n) is 3.36. The molecule has 0 saturated carbocycles. The van der Waals surface area contributed by atoms with Crippen LogP contribution in [0.4, 0.5) is 5.82 Å². The highest BCUT2D eigenvalue weighted by Crippen LogP contribution is 2.24. The molecule has 88 valence electrons. The highest BCUT2D eigenvalue weighted by atomic mass is 16.1. The predicted molar refractivity (Wildman–Crippen MR) is 69.2 cm³/mol. The average molecular weight is 220 g/mol. The topological polar surface area (TPSA) is 56.0 Å². The van der Waals surface area contributed by atoms with E-state index in [2.05, 4.69) is 11.6 Å². The SMILES string of the molecule is C=C(C(C)=O)c1c(N)ncc(C)c1C.CC. The van der Waals surface area contributed by atoms with E-state index in [4.69, 9.17) is 5.73 Å². The predicted octanol–water partition coefficient (Wildman–Crippen LogP) is 2.91. The number of anilines is 1. The van der Waals surface area contributed by atoms with Crippen LogP contribution in [-0.4, -0.2) is 10.8 Å². The lowest BCUT2D eigenvalue weighted by Gasteiger charge is -2.11. The molecule has 1 heterocycles. The maximum atomic E-state index is 11.2. The molecular weight excluding hydrogens is 200 g/mol. The van der Waals surface area contributed by atoms with Gasteiger partial charge in [-0.3, -0.25) is 4.79 Å². The zero-order chi connectivity index (χ0) is 12.9. The number of nitrogens with zero attached hydrogens (tertiary/aromatic N) is 1. The normalized spacial score (nSPS) is 9.06. The van der Waals surface area contributed by atoms with Crippen LogP contribution in [0.25, 0.3) is 5.57 Å². The van der Waals surface area contributed by atoms with Crippen LogP contribution < -0.4 is 5.73 Å². The van der Waals surface area contributed by atoms with E-state index in [1.807, 2.05) is 27.7 Å². The van der Waals surface area contributed by atoms with Crippen LogP contribution in [0.5, 0.6) is 0 Å². The van der Waals surface area contributed by atoms with Crippen molar-refractivity contribution < 1.29 is 4.79 Å². The van der Waals surface area contributed by atoms with E-state index < -0.39 is 0 Å². The van der Waals surface area contributed by atoms with Crippen LogP contribution in [0.2, 0.25) is 0 Å². The number of allylic oxidation sites excluding steroid dienone is 1. The third-order valence-electron chi connectivity index (χ3n) is 2.35. The van der Waals surface area contributed by atoms with E-state index >= 15 is 0 Å². The number of nitrogen functional groups attached to an aromatic ring is 1. The number of Topliss-reactive ketones (excluding diaryl/α,β-unsaturated/α-hetero) is 1. The van der Waals surface area contributed by atoms with Crippen molar-refractivity contribution in [1.29, 1.82) is 0 Å². The van der Waals surface area contributed by atoms with Crippen molar-refractivity contribution in [2.45, 2.75) is 34.6 Å². The van der Waals surface area contributed by atoms with Gasteiger partial charge in [0.05, 0.1) is 0 Å². The van der Waals surface area contributed by atoms with Gasteiger partial charge in [0, 0.05) is 17.3 Å². The zero-order valence-electron chi connectivity index (χ0n) is 10.7. The van der Waals surface area contributed by atoms with Crippen molar-refractivity contribution in [1.82, 2.24) is 4.98 Å². The maximum absolute atomic E-state index is 11.2. The molecule has 0 radical (unpaired) electrons. The molecule has 0 saturated heterocycles. The fourth-order valence-electron chi connectivity index (χ4n) is 1.27. The molecular formula is C13H20N2O. The summed E-state index contributed by atoms with van der Waals surface area (Å²) in [7, 11) is 0. The van der Waals surface area contributed by atoms with E-state index in [0.717, 1.165) is 11.1 Å². The van der Waals surface area contributed by atoms with E-state index in [0.29, 0.717) is 17.0 Å². The largest absolute Gasteiger partial charge is 0.383 e. The average Bonchev–Trinajstić information content (AvgIpc) is 2.26. The van der Waals surface area contributed by atoms with Gasteiger partial charge >= 0.3 is 0 Å². The first-order valence-electron chi connectivity index (χ1n) is 5.37. The molecule has 1 rings (SSSR count). The van der Waals surface area contributed by atoms with Crippen molar-refractivity contribution in [3.63, 3.8) is 0 Å². The molecule has 0 bridgehead atoms. The lowest BCUT2D eigenvalue weighted by Crippen LogP contribution is -2.05. The van der Waals surface area contributed by atoms with E-state index in [9.17, 15) is 4.79 Å². The van der Waals surface area contributed by atoms with Crippen LogP contribution in [0.3, 0.4) is 0 Å². The molecule has 1 aromatic heterocycles. The first-order chi connectivity index (χ1) is 7.45. The molecule has 0 spiro atoms. The first kappa shape index (κ1) is 14.4. The van der Waals surface area contributed by atoms with Gasteiger partial charge in [-0.2, -0.15) is 0 Å². The number of hydrogen-bond acceptors (Lipinski definition) is 3. The van der Waals surface area contributed by atoms with E-state index in [1.54, 1.807) is 6.20 Å². The molecule has 0 aliphatic carbocycles. The van der Waals surface area contributed by atoms with Crippen LogP contribution in [-0.2, 0) is 4.79 Å². The number of ketones is 1. The van der Waals surface area contributed by atoms with Gasteiger partial charge in [0.25, 0.3) is 0 Å². The number of carbonyl (C=O) groups is 1. The zero-order valence-corrected chi connectivity index (χ0v) is 10.7. The molecule has 2 N–H and O–H groups in total. The second kappa shape index (κ2) is 6.05. The number of hydrogen-bond donors (Lipinski definition) is 1. The molecule has 0 amide bonds. The van der Waals surface area contributed by atoms with Gasteiger partial charge in [0.15, 0.2) is 5.78 Å². The summed E-state index contributed by atoms with van der Waals surface area (Å²) in [6.07, 6.45) is 1.70. The second-order valence-corrected chi connectivity index (χ2v) is 3.36. The molecule has 0 aromatic carbocycles. The summed E-state index contributed by atoms with van der Waals surface area (Å²) >= 11 is 0. The number of aromatic nitrogens is 1. The summed E-state index contributed by atoms with van der Waals surface area (Å²) in [5.74, 6) is 0.292. The summed E-state index contributed by atoms with van der Waals surface area (Å²) < 4.78 is 0. The smallest absolute Gasteiger partial charge is 0.159 e. The maximum Gasteiger partial charge on any atom is 0.159 e. The monoisotopic (exact) mass is 220 g/mol. The van der Waals surface area contributed by atoms with Crippen LogP contribution in [0.15, 0.2) is 12.8 Å². The molecule has 0 atom stereocenters. The van der Waals surface area contributed by atoms with Crippen molar-refractivity contribution in [3.8, 4) is 0 Å². The number of aryl methyl sites for hydroxylation is 1. The lowest BCUT2D eigenvalue weighted by atomic mass is 9.98. The Kier molecular flexibility index (Phi) is 5.43. The summed E-state index contributed by atoms with van der Waals surface area (Å²) in [4.78, 5) is 15.2. The first-order valence-corrected chi connectivity index (χ1v) is 5.37. The number of pyridine rings is 1. The van der Waals surface area contributed by atoms with Crippen molar-refractivity contribution in [2.24, 2.45) is 0 Å². The Morgan fingerprint density at radius 1 is 1.38 bits per heavy atom. The van der Waals surface area contributed by atoms with E-state index in [-0.39, 0.29) is 5.78 Å². The number of rotatable bonds is 2. The molecule has 3 heteroatoms. The summed E-state index contributed by atoms with van der Waals surface area (Å²) in [5, 5.41) is 0. The van der Waals surface area contributed by atoms with Crippen molar-refractivity contribution in [2.75, 3.05) is 5.73 Å². The van der Waals surface area contributed by atoms with Gasteiger partial charge in [-0.25, -0.2) is 4.98 Å². The van der Waals surface area contributed by atoms with Gasteiger partial charge in [-0.15, -0.1) is 0 Å². The molecule has 1 aromatic rings. The van der Waals surface area contributed by atoms with Gasteiger partial charge in [-0.05, 0) is 31.9 Å². The molecule has 0 fully saturated rings. The quantitative estimate of drug-likeness (QED) is 0.780. The molecule has 0 aliphatic heterocycles. The highest BCUT2D eigenvalue weighted by Gasteiger charge is 2.13. The van der Waals surface area contributed by atoms with E-state index in [1.165, 1.54) is 6.92 Å². The highest BCUT2D eigenvalue weighted by molar-refractivity contribution is 6.20. The summed E-state index contributed by atoms with van der Waals surface area (Å²) in [5.41, 5.74) is 8.79. The third kappa shape index (κ3) is 2.92. The van der Waals surface area contributed by atoms with Crippen molar-refractivity contribution >= 4 is 17.2 Å².